The summed E-state index contributed by atoms with van der Waals surface area (Å²) >= 11 is 7.61. The number of halogens is 1. The molecule has 0 bridgehead atoms. The molecule has 1 saturated heterocycles. The lowest BCUT2D eigenvalue weighted by Crippen LogP contribution is -2.27. The number of thioether (sulfide) groups is 1. The maximum atomic E-state index is 13.4. The fourth-order valence-corrected chi connectivity index (χ4v) is 4.81. The summed E-state index contributed by atoms with van der Waals surface area (Å²) in [5, 5.41) is 0.406. The van der Waals surface area contributed by atoms with Crippen LogP contribution in [0.4, 0.5) is 5.69 Å². The number of rotatable bonds is 5. The second-order valence-electron chi connectivity index (χ2n) is 6.89. The van der Waals surface area contributed by atoms with Crippen LogP contribution in [0, 0.1) is 0 Å². The van der Waals surface area contributed by atoms with Crippen LogP contribution in [0.5, 0.6) is 0 Å². The molecule has 0 saturated carbocycles. The number of esters is 1. The average molecular weight is 450 g/mol. The molecular weight excluding hydrogens is 430 g/mol. The Morgan fingerprint density at radius 2 is 1.81 bits per heavy atom. The van der Waals surface area contributed by atoms with Gasteiger partial charge in [-0.15, -0.1) is 0 Å². The first-order valence-electron chi connectivity index (χ1n) is 9.86. The summed E-state index contributed by atoms with van der Waals surface area (Å²) in [6, 6.07) is 24.2. The molecule has 3 aromatic carbocycles. The van der Waals surface area contributed by atoms with E-state index in [0.29, 0.717) is 27.8 Å². The van der Waals surface area contributed by atoms with Gasteiger partial charge in [0.25, 0.3) is 5.91 Å². The fraction of sp³-hybridized carbons (Fsp3) is 0.120. The molecule has 6 heteroatoms. The van der Waals surface area contributed by atoms with E-state index in [2.05, 4.69) is 0 Å². The van der Waals surface area contributed by atoms with E-state index in [9.17, 15) is 9.59 Å². The first kappa shape index (κ1) is 21.2. The normalized spacial score (nSPS) is 17.2. The summed E-state index contributed by atoms with van der Waals surface area (Å²) in [6.45, 7) is 2.08. The van der Waals surface area contributed by atoms with Gasteiger partial charge in [0.05, 0.1) is 17.1 Å². The lowest BCUT2D eigenvalue weighted by atomic mass is 10.1. The smallest absolute Gasteiger partial charge is 0.338 e. The summed E-state index contributed by atoms with van der Waals surface area (Å²) in [4.78, 5) is 27.8. The number of hydrogen-bond acceptors (Lipinski definition) is 4. The highest BCUT2D eigenvalue weighted by Gasteiger charge is 2.38. The van der Waals surface area contributed by atoms with E-state index >= 15 is 0 Å². The molecule has 1 heterocycles. The Morgan fingerprint density at radius 3 is 2.48 bits per heavy atom. The van der Waals surface area contributed by atoms with Crippen LogP contribution in [-0.2, 0) is 9.53 Å². The molecule has 1 aliphatic rings. The van der Waals surface area contributed by atoms with Crippen LogP contribution in [0.25, 0.3) is 6.08 Å². The van der Waals surface area contributed by atoms with Crippen molar-refractivity contribution in [2.24, 2.45) is 0 Å². The van der Waals surface area contributed by atoms with E-state index in [1.165, 1.54) is 11.8 Å². The number of carbonyl (C=O) groups excluding carboxylic acids is 2. The fourth-order valence-electron chi connectivity index (χ4n) is 3.35. The molecule has 0 aromatic heterocycles. The van der Waals surface area contributed by atoms with Crippen molar-refractivity contribution in [3.8, 4) is 0 Å². The predicted octanol–water partition coefficient (Wildman–Crippen LogP) is 6.34. The van der Waals surface area contributed by atoms with Gasteiger partial charge >= 0.3 is 5.97 Å². The molecule has 1 amide bonds. The second-order valence-corrected chi connectivity index (χ2v) is 8.45. The van der Waals surface area contributed by atoms with Crippen molar-refractivity contribution in [3.63, 3.8) is 0 Å². The van der Waals surface area contributed by atoms with Gasteiger partial charge in [0.15, 0.2) is 0 Å². The van der Waals surface area contributed by atoms with Crippen molar-refractivity contribution in [3.05, 3.63) is 105 Å². The zero-order valence-corrected chi connectivity index (χ0v) is 18.4. The van der Waals surface area contributed by atoms with Crippen LogP contribution in [0.15, 0.2) is 83.8 Å². The van der Waals surface area contributed by atoms with Gasteiger partial charge < -0.3 is 4.74 Å². The van der Waals surface area contributed by atoms with Gasteiger partial charge in [-0.05, 0) is 60.5 Å². The van der Waals surface area contributed by atoms with Gasteiger partial charge in [-0.3, -0.25) is 9.69 Å². The van der Waals surface area contributed by atoms with E-state index in [1.807, 2.05) is 54.6 Å². The van der Waals surface area contributed by atoms with E-state index in [1.54, 1.807) is 42.2 Å². The Morgan fingerprint density at radius 1 is 1.06 bits per heavy atom. The number of benzene rings is 3. The summed E-state index contributed by atoms with van der Waals surface area (Å²) in [5.74, 6) is -0.472. The number of carbonyl (C=O) groups is 2. The van der Waals surface area contributed by atoms with Crippen LogP contribution in [0.1, 0.15) is 33.8 Å². The maximum absolute atomic E-state index is 13.4. The third kappa shape index (κ3) is 4.68. The molecule has 1 aliphatic heterocycles. The Labute approximate surface area is 190 Å². The van der Waals surface area contributed by atoms with Gasteiger partial charge in [0.1, 0.15) is 5.37 Å². The van der Waals surface area contributed by atoms with Crippen molar-refractivity contribution in [1.82, 2.24) is 0 Å². The minimum absolute atomic E-state index is 0.0947. The number of anilines is 1. The molecular formula is C25H20ClNO3S. The van der Waals surface area contributed by atoms with Crippen LogP contribution in [-0.4, -0.2) is 18.5 Å². The molecule has 0 radical (unpaired) electrons. The van der Waals surface area contributed by atoms with Crippen LogP contribution < -0.4 is 4.90 Å². The lowest BCUT2D eigenvalue weighted by Gasteiger charge is -2.24. The molecule has 156 valence electrons. The first-order chi connectivity index (χ1) is 15.1. The third-order valence-electron chi connectivity index (χ3n) is 4.79. The molecule has 1 atom stereocenters. The number of amides is 1. The first-order valence-corrected chi connectivity index (χ1v) is 11.1. The molecule has 3 aromatic rings. The Bertz CT molecular complexity index is 1130. The summed E-state index contributed by atoms with van der Waals surface area (Å²) < 4.78 is 5.05. The van der Waals surface area contributed by atoms with E-state index in [0.717, 1.165) is 11.1 Å². The maximum Gasteiger partial charge on any atom is 0.338 e. The summed E-state index contributed by atoms with van der Waals surface area (Å²) in [6.07, 6.45) is 1.86. The number of ether oxygens (including phenoxy) is 1. The largest absolute Gasteiger partial charge is 0.462 e. The SMILES string of the molecule is CCOC(=O)c1ccc(N2C(=O)/C(=C/c3cccc(Cl)c3)SC2c2ccccc2)cc1. The minimum Gasteiger partial charge on any atom is -0.462 e. The van der Waals surface area contributed by atoms with Crippen molar-refractivity contribution >= 4 is 47.0 Å². The molecule has 0 aliphatic carbocycles. The van der Waals surface area contributed by atoms with Crippen LogP contribution in [0.2, 0.25) is 5.02 Å². The molecule has 4 rings (SSSR count). The van der Waals surface area contributed by atoms with Gasteiger partial charge in [0.2, 0.25) is 0 Å². The van der Waals surface area contributed by atoms with Crippen molar-refractivity contribution in [1.29, 1.82) is 0 Å². The Balaban J connectivity index is 1.71. The molecule has 1 unspecified atom stereocenters. The molecule has 4 nitrogen and oxygen atoms in total. The van der Waals surface area contributed by atoms with Gasteiger partial charge in [-0.25, -0.2) is 4.79 Å². The lowest BCUT2D eigenvalue weighted by molar-refractivity contribution is -0.114. The topological polar surface area (TPSA) is 46.6 Å². The minimum atomic E-state index is -0.377. The van der Waals surface area contributed by atoms with Gasteiger partial charge in [-0.2, -0.15) is 0 Å². The second kappa shape index (κ2) is 9.41. The molecule has 31 heavy (non-hydrogen) atoms. The predicted molar refractivity (Wildman–Crippen MR) is 126 cm³/mol. The quantitative estimate of drug-likeness (QED) is 0.337. The number of hydrogen-bond donors (Lipinski definition) is 0. The van der Waals surface area contributed by atoms with Crippen molar-refractivity contribution < 1.29 is 14.3 Å². The van der Waals surface area contributed by atoms with Crippen molar-refractivity contribution in [2.75, 3.05) is 11.5 Å². The number of nitrogens with zero attached hydrogens (tertiary/aromatic N) is 1. The van der Waals surface area contributed by atoms with Crippen LogP contribution >= 0.6 is 23.4 Å². The van der Waals surface area contributed by atoms with E-state index in [4.69, 9.17) is 16.3 Å². The third-order valence-corrected chi connectivity index (χ3v) is 6.28. The van der Waals surface area contributed by atoms with Crippen molar-refractivity contribution in [2.45, 2.75) is 12.3 Å². The highest BCUT2D eigenvalue weighted by atomic mass is 35.5. The van der Waals surface area contributed by atoms with E-state index in [-0.39, 0.29) is 17.3 Å². The summed E-state index contributed by atoms with van der Waals surface area (Å²) in [7, 11) is 0. The standard InChI is InChI=1S/C25H20ClNO3S/c1-2-30-25(29)19-11-13-21(14-12-19)27-23(28)22(16-17-7-6-10-20(26)15-17)31-24(27)18-8-4-3-5-9-18/h3-16,24H,2H2,1H3/b22-16-. The molecule has 1 fully saturated rings. The molecule has 0 spiro atoms. The highest BCUT2D eigenvalue weighted by molar-refractivity contribution is 8.05. The average Bonchev–Trinajstić information content (AvgIpc) is 3.10. The van der Waals surface area contributed by atoms with Crippen LogP contribution in [0.3, 0.4) is 0 Å². The van der Waals surface area contributed by atoms with Gasteiger partial charge in [0, 0.05) is 10.7 Å². The zero-order valence-electron chi connectivity index (χ0n) is 16.8. The highest BCUT2D eigenvalue weighted by Crippen LogP contribution is 2.48. The Hall–Kier alpha value is -3.02. The summed E-state index contributed by atoms with van der Waals surface area (Å²) in [5.41, 5.74) is 3.06. The van der Waals surface area contributed by atoms with E-state index < -0.39 is 0 Å². The zero-order chi connectivity index (χ0) is 21.8. The Kier molecular flexibility index (Phi) is 6.44. The molecule has 0 N–H and O–H groups in total. The van der Waals surface area contributed by atoms with Gasteiger partial charge in [-0.1, -0.05) is 65.8 Å². The monoisotopic (exact) mass is 449 g/mol.